The van der Waals surface area contributed by atoms with Gasteiger partial charge in [0.1, 0.15) is 6.79 Å². The van der Waals surface area contributed by atoms with Crippen molar-refractivity contribution in [3.63, 3.8) is 0 Å². The molecule has 0 fully saturated rings. The highest BCUT2D eigenvalue weighted by molar-refractivity contribution is 6.10. The molecule has 0 aliphatic heterocycles. The maximum atomic E-state index is 11.6. The lowest BCUT2D eigenvalue weighted by molar-refractivity contribution is -0.0980. The summed E-state index contributed by atoms with van der Waals surface area (Å²) in [6, 6.07) is 11.8. The van der Waals surface area contributed by atoms with Gasteiger partial charge in [-0.2, -0.15) is 0 Å². The van der Waals surface area contributed by atoms with Gasteiger partial charge < -0.3 is 9.90 Å². The molecule has 0 atom stereocenters. The molecule has 0 aliphatic carbocycles. The zero-order chi connectivity index (χ0) is 17.7. The minimum Gasteiger partial charge on any atom is -0.400 e. The zero-order valence-corrected chi connectivity index (χ0v) is 13.6. The van der Waals surface area contributed by atoms with Crippen LogP contribution in [0, 0.1) is 0 Å². The second-order valence-electron chi connectivity index (χ2n) is 4.05. The molecule has 0 bridgehead atoms. The summed E-state index contributed by atoms with van der Waals surface area (Å²) in [6.07, 6.45) is 0. The summed E-state index contributed by atoms with van der Waals surface area (Å²) in [4.78, 5) is 19.6. The lowest BCUT2D eigenvalue weighted by atomic mass is 9.94. The number of allylic oxidation sites excluding steroid dienone is 1. The highest BCUT2D eigenvalue weighted by Crippen LogP contribution is 2.27. The van der Waals surface area contributed by atoms with Crippen LogP contribution in [-0.4, -0.2) is 24.8 Å². The Morgan fingerprint density at radius 3 is 1.68 bits per heavy atom. The van der Waals surface area contributed by atoms with Crippen molar-refractivity contribution in [2.45, 2.75) is 13.8 Å². The third-order valence-corrected chi connectivity index (χ3v) is 2.74. The molecule has 0 amide bonds. The topological polar surface area (TPSA) is 54.4 Å². The molecule has 0 radical (unpaired) electrons. The second-order valence-corrected chi connectivity index (χ2v) is 4.05. The van der Waals surface area contributed by atoms with Crippen molar-refractivity contribution < 1.29 is 14.7 Å². The van der Waals surface area contributed by atoms with Crippen molar-refractivity contribution in [3.05, 3.63) is 67.3 Å². The predicted molar refractivity (Wildman–Crippen MR) is 95.2 cm³/mol. The Bertz CT molecular complexity index is 564. The van der Waals surface area contributed by atoms with Gasteiger partial charge in [-0.05, 0) is 30.2 Å². The number of hydrogen-bond donors (Lipinski definition) is 1. The number of Topliss-reactive ketones (excluding diaryl/α,β-unsaturated/α-hetero) is 1. The Kier molecular flexibility index (Phi) is 12.1. The third-order valence-electron chi connectivity index (χ3n) is 2.74. The van der Waals surface area contributed by atoms with Crippen molar-refractivity contribution in [2.24, 2.45) is 0 Å². The molecule has 0 saturated carbocycles. The maximum absolute atomic E-state index is 11.6. The fourth-order valence-electron chi connectivity index (χ4n) is 1.99. The molecule has 2 rings (SSSR count). The van der Waals surface area contributed by atoms with Gasteiger partial charge in [0.25, 0.3) is 0 Å². The summed E-state index contributed by atoms with van der Waals surface area (Å²) in [5, 5.41) is 9.11. The number of rotatable bonds is 2. The van der Waals surface area contributed by atoms with Crippen LogP contribution < -0.4 is 0 Å². The van der Waals surface area contributed by atoms with Gasteiger partial charge in [0, 0.05) is 12.7 Å². The Balaban J connectivity index is 0. The number of aliphatic hydroxyl groups excluding tert-OH is 1. The van der Waals surface area contributed by atoms with E-state index in [0.29, 0.717) is 0 Å². The van der Waals surface area contributed by atoms with Crippen LogP contribution in [0.5, 0.6) is 0 Å². The molecule has 22 heavy (non-hydrogen) atoms. The van der Waals surface area contributed by atoms with Gasteiger partial charge in [-0.1, -0.05) is 48.6 Å². The number of carbonyl (C=O) groups is 2. The first kappa shape index (κ1) is 21.8. The minimum absolute atomic E-state index is 0.0966. The fourth-order valence-corrected chi connectivity index (χ4v) is 1.99. The summed E-state index contributed by atoms with van der Waals surface area (Å²) in [5.41, 5.74) is 2.82. The molecule has 1 N–H and O–H groups in total. The van der Waals surface area contributed by atoms with Gasteiger partial charge in [-0.3, -0.25) is 4.79 Å². The third kappa shape index (κ3) is 5.46. The molecule has 2 aromatic rings. The van der Waals surface area contributed by atoms with E-state index in [0.717, 1.165) is 34.6 Å². The van der Waals surface area contributed by atoms with E-state index in [1.165, 1.54) is 0 Å². The van der Waals surface area contributed by atoms with Crippen LogP contribution in [0.1, 0.15) is 29.8 Å². The summed E-state index contributed by atoms with van der Waals surface area (Å²) in [7, 11) is 1.00. The van der Waals surface area contributed by atoms with E-state index in [2.05, 4.69) is 19.7 Å². The van der Waals surface area contributed by atoms with Crippen molar-refractivity contribution in [3.8, 4) is 0 Å². The van der Waals surface area contributed by atoms with Gasteiger partial charge >= 0.3 is 0 Å². The normalized spacial score (nSPS) is 8.18. The van der Waals surface area contributed by atoms with E-state index in [1.807, 2.05) is 50.1 Å². The van der Waals surface area contributed by atoms with Gasteiger partial charge in [0.2, 0.25) is 0 Å². The zero-order valence-electron chi connectivity index (χ0n) is 13.6. The summed E-state index contributed by atoms with van der Waals surface area (Å²) >= 11 is 0. The molecular weight excluding hydrogens is 276 g/mol. The van der Waals surface area contributed by atoms with E-state index in [1.54, 1.807) is 6.92 Å². The Labute approximate surface area is 132 Å². The number of aliphatic hydroxyl groups is 1. The maximum Gasteiger partial charge on any atom is 0.160 e. The van der Waals surface area contributed by atoms with Crippen molar-refractivity contribution in [1.82, 2.24) is 0 Å². The van der Waals surface area contributed by atoms with Crippen LogP contribution in [0.15, 0.2) is 56.1 Å². The molecule has 0 aliphatic rings. The van der Waals surface area contributed by atoms with Gasteiger partial charge in [-0.25, -0.2) is 0 Å². The molecule has 3 nitrogen and oxygen atoms in total. The number of carbonyl (C=O) groups excluding carboxylic acids is 2. The number of ketones is 1. The Hall–Kier alpha value is -2.52. The first-order valence-electron chi connectivity index (χ1n) is 6.53. The van der Waals surface area contributed by atoms with Crippen LogP contribution in [0.2, 0.25) is 0 Å². The highest BCUT2D eigenvalue weighted by atomic mass is 16.2. The molecule has 0 aromatic heterocycles. The Morgan fingerprint density at radius 2 is 1.32 bits per heavy atom. The van der Waals surface area contributed by atoms with E-state index in [4.69, 9.17) is 9.90 Å². The summed E-state index contributed by atoms with van der Waals surface area (Å²) in [5.74, 6) is 0.0966. The van der Waals surface area contributed by atoms with E-state index < -0.39 is 0 Å². The molecule has 2 aromatic carbocycles. The first-order valence-corrected chi connectivity index (χ1v) is 6.53. The van der Waals surface area contributed by atoms with Gasteiger partial charge in [0.05, 0.1) is 0 Å². The van der Waals surface area contributed by atoms with E-state index in [9.17, 15) is 4.79 Å². The number of fused-ring (bicyclic) bond motifs is 1. The smallest absolute Gasteiger partial charge is 0.160 e. The van der Waals surface area contributed by atoms with E-state index >= 15 is 0 Å². The molecule has 3 heteroatoms. The van der Waals surface area contributed by atoms with Crippen LogP contribution in [0.4, 0.5) is 0 Å². The minimum atomic E-state index is 0.0966. The van der Waals surface area contributed by atoms with Crippen LogP contribution in [0.3, 0.4) is 0 Å². The SMILES string of the molecule is C=C.C=C(C)c1cccc2cccc(C(C)=O)c12.C=O.CO. The Morgan fingerprint density at radius 1 is 0.909 bits per heavy atom. The molecule has 118 valence electrons. The van der Waals surface area contributed by atoms with Gasteiger partial charge in [-0.15, -0.1) is 13.2 Å². The van der Waals surface area contributed by atoms with Crippen LogP contribution in [0.25, 0.3) is 16.3 Å². The monoisotopic (exact) mass is 300 g/mol. The molecule has 0 heterocycles. The number of hydrogen-bond acceptors (Lipinski definition) is 3. The molecule has 0 spiro atoms. The average molecular weight is 300 g/mol. The number of benzene rings is 2. The van der Waals surface area contributed by atoms with E-state index in [-0.39, 0.29) is 5.78 Å². The summed E-state index contributed by atoms with van der Waals surface area (Å²) < 4.78 is 0. The van der Waals surface area contributed by atoms with Crippen molar-refractivity contribution in [1.29, 1.82) is 0 Å². The summed E-state index contributed by atoms with van der Waals surface area (Å²) in [6.45, 7) is 15.5. The predicted octanol–water partition coefficient (Wildman–Crippen LogP) is 4.30. The standard InChI is InChI=1S/C15H14O.C2H4.CH4O.CH2O/c1-10(2)13-8-4-6-12-7-5-9-14(11(3)16)15(12)13;3*1-2/h4-9H,1H2,2-3H3;1-2H2;2H,1H3;1H2. The average Bonchev–Trinajstić information content (AvgIpc) is 2.59. The molecule has 0 saturated heterocycles. The second kappa shape index (κ2) is 12.2. The molecule has 0 unspecified atom stereocenters. The molecular formula is C19H24O3. The van der Waals surface area contributed by atoms with Crippen molar-refractivity contribution >= 4 is 28.9 Å². The fraction of sp³-hybridized carbons (Fsp3) is 0.158. The van der Waals surface area contributed by atoms with Gasteiger partial charge in [0.15, 0.2) is 5.78 Å². The quantitative estimate of drug-likeness (QED) is 0.664. The highest BCUT2D eigenvalue weighted by Gasteiger charge is 2.09. The largest absolute Gasteiger partial charge is 0.400 e. The lowest BCUT2D eigenvalue weighted by Crippen LogP contribution is -1.95. The lowest BCUT2D eigenvalue weighted by Gasteiger charge is -2.09. The van der Waals surface area contributed by atoms with Crippen LogP contribution in [-0.2, 0) is 4.79 Å². The first-order chi connectivity index (χ1) is 10.6. The van der Waals surface area contributed by atoms with Crippen LogP contribution >= 0.6 is 0 Å². The van der Waals surface area contributed by atoms with Crippen molar-refractivity contribution in [2.75, 3.05) is 7.11 Å².